The Bertz CT molecular complexity index is 598. The third-order valence-corrected chi connectivity index (χ3v) is 6.16. The topological polar surface area (TPSA) is 32.3 Å². The van der Waals surface area contributed by atoms with Crippen molar-refractivity contribution in [3.8, 4) is 0 Å². The fourth-order valence-corrected chi connectivity index (χ4v) is 5.45. The van der Waals surface area contributed by atoms with Gasteiger partial charge in [-0.1, -0.05) is 24.3 Å². The first-order valence-electron chi connectivity index (χ1n) is 7.98. The largest absolute Gasteiger partial charge is 0.320 e. The van der Waals surface area contributed by atoms with E-state index in [0.29, 0.717) is 17.7 Å². The lowest BCUT2D eigenvalue weighted by molar-refractivity contribution is -0.136. The number of rotatable bonds is 0. The van der Waals surface area contributed by atoms with Gasteiger partial charge >= 0.3 is 0 Å². The highest BCUT2D eigenvalue weighted by Gasteiger charge is 2.63. The molecule has 5 rings (SSSR count). The molecule has 1 N–H and O–H groups in total. The molecule has 1 aromatic carbocycles. The molecule has 1 spiro atoms. The lowest BCUT2D eigenvalue weighted by atomic mass is 9.61. The van der Waals surface area contributed by atoms with Gasteiger partial charge in [-0.3, -0.25) is 10.1 Å². The number of hydrogen-bond acceptors (Lipinski definition) is 2. The molecule has 1 amide bonds. The predicted octanol–water partition coefficient (Wildman–Crippen LogP) is 2.19. The Kier molecular flexibility index (Phi) is 2.06. The monoisotopic (exact) mass is 268 g/mol. The summed E-state index contributed by atoms with van der Waals surface area (Å²) in [5, 5.41) is 3.77. The van der Waals surface area contributed by atoms with Gasteiger partial charge in [-0.2, -0.15) is 0 Å². The smallest absolute Gasteiger partial charge is 0.227 e. The normalized spacial score (nSPS) is 41.3. The van der Waals surface area contributed by atoms with Gasteiger partial charge in [0.1, 0.15) is 5.66 Å². The third-order valence-electron chi connectivity index (χ3n) is 6.16. The molecule has 2 aliphatic heterocycles. The zero-order chi connectivity index (χ0) is 13.3. The summed E-state index contributed by atoms with van der Waals surface area (Å²) in [6.45, 7) is 1.96. The maximum atomic E-state index is 12.9. The molecular formula is C17H20N2O. The number of nitrogens with zero attached hydrogens (tertiary/aromatic N) is 1. The minimum absolute atomic E-state index is 0.173. The highest BCUT2D eigenvalue weighted by atomic mass is 16.2. The van der Waals surface area contributed by atoms with Crippen LogP contribution in [0.4, 0.5) is 0 Å². The average molecular weight is 268 g/mol. The molecule has 0 radical (unpaired) electrons. The van der Waals surface area contributed by atoms with Gasteiger partial charge in [0.25, 0.3) is 0 Å². The van der Waals surface area contributed by atoms with Crippen LogP contribution in [0.1, 0.15) is 42.7 Å². The SMILES string of the molecule is O=C1[C@H]2CC[C@@H]3C[C@H]2[C@@]2(NCCCN12)c1ccccc13. The summed E-state index contributed by atoms with van der Waals surface area (Å²) in [6.07, 6.45) is 4.55. The summed E-state index contributed by atoms with van der Waals surface area (Å²) < 4.78 is 0. The second-order valence-electron chi connectivity index (χ2n) is 6.85. The first kappa shape index (κ1) is 11.3. The molecule has 2 bridgehead atoms. The van der Waals surface area contributed by atoms with Crippen LogP contribution in [0.25, 0.3) is 0 Å². The first-order valence-corrected chi connectivity index (χ1v) is 7.98. The molecule has 4 atom stereocenters. The predicted molar refractivity (Wildman–Crippen MR) is 76.0 cm³/mol. The van der Waals surface area contributed by atoms with Gasteiger partial charge in [-0.05, 0) is 49.3 Å². The average Bonchev–Trinajstić information content (AvgIpc) is 2.80. The van der Waals surface area contributed by atoms with Crippen molar-refractivity contribution in [2.24, 2.45) is 11.8 Å². The Hall–Kier alpha value is -1.35. The maximum Gasteiger partial charge on any atom is 0.227 e. The minimum atomic E-state index is -0.173. The maximum absolute atomic E-state index is 12.9. The number of hydrogen-bond donors (Lipinski definition) is 1. The fraction of sp³-hybridized carbons (Fsp3) is 0.588. The summed E-state index contributed by atoms with van der Waals surface area (Å²) in [7, 11) is 0. The number of fused-ring (bicyclic) bond motifs is 3. The molecule has 3 nitrogen and oxygen atoms in total. The van der Waals surface area contributed by atoms with Gasteiger partial charge in [0, 0.05) is 18.4 Å². The molecular weight excluding hydrogens is 248 g/mol. The Balaban J connectivity index is 1.81. The van der Waals surface area contributed by atoms with Crippen LogP contribution in [0.15, 0.2) is 24.3 Å². The van der Waals surface area contributed by atoms with Crippen LogP contribution in [0.2, 0.25) is 0 Å². The lowest BCUT2D eigenvalue weighted by Crippen LogP contribution is -2.62. The Labute approximate surface area is 119 Å². The summed E-state index contributed by atoms with van der Waals surface area (Å²) in [6, 6.07) is 8.86. The van der Waals surface area contributed by atoms with E-state index in [1.807, 2.05) is 0 Å². The number of nitrogens with one attached hydrogen (secondary N) is 1. The Morgan fingerprint density at radius 1 is 1.25 bits per heavy atom. The van der Waals surface area contributed by atoms with Crippen LogP contribution >= 0.6 is 0 Å². The molecule has 104 valence electrons. The van der Waals surface area contributed by atoms with Crippen molar-refractivity contribution in [1.29, 1.82) is 0 Å². The van der Waals surface area contributed by atoms with E-state index in [-0.39, 0.29) is 11.6 Å². The molecule has 2 heterocycles. The van der Waals surface area contributed by atoms with Crippen LogP contribution in [-0.2, 0) is 10.5 Å². The number of amides is 1. The quantitative estimate of drug-likeness (QED) is 0.782. The van der Waals surface area contributed by atoms with Crippen LogP contribution in [0, 0.1) is 11.8 Å². The molecule has 3 fully saturated rings. The molecule has 3 heteroatoms. The zero-order valence-corrected chi connectivity index (χ0v) is 11.6. The Morgan fingerprint density at radius 2 is 2.15 bits per heavy atom. The number of carbonyl (C=O) groups is 1. The van der Waals surface area contributed by atoms with E-state index in [2.05, 4.69) is 34.5 Å². The Morgan fingerprint density at radius 3 is 3.10 bits per heavy atom. The molecule has 20 heavy (non-hydrogen) atoms. The van der Waals surface area contributed by atoms with Gasteiger partial charge < -0.3 is 4.90 Å². The first-order chi connectivity index (χ1) is 9.82. The molecule has 0 unspecified atom stereocenters. The highest BCUT2D eigenvalue weighted by molar-refractivity contribution is 5.84. The van der Waals surface area contributed by atoms with Crippen LogP contribution in [0.3, 0.4) is 0 Å². The van der Waals surface area contributed by atoms with Crippen molar-refractivity contribution in [3.63, 3.8) is 0 Å². The van der Waals surface area contributed by atoms with E-state index in [1.54, 1.807) is 0 Å². The van der Waals surface area contributed by atoms with Crippen molar-refractivity contribution < 1.29 is 4.79 Å². The van der Waals surface area contributed by atoms with E-state index >= 15 is 0 Å². The third kappa shape index (κ3) is 1.11. The highest BCUT2D eigenvalue weighted by Crippen LogP contribution is 2.60. The molecule has 1 aromatic rings. The summed E-state index contributed by atoms with van der Waals surface area (Å²) in [5.41, 5.74) is 2.72. The van der Waals surface area contributed by atoms with Crippen LogP contribution < -0.4 is 5.32 Å². The van der Waals surface area contributed by atoms with E-state index in [0.717, 1.165) is 25.9 Å². The van der Waals surface area contributed by atoms with Crippen molar-refractivity contribution in [2.75, 3.05) is 13.1 Å². The summed E-state index contributed by atoms with van der Waals surface area (Å²) in [5.74, 6) is 1.85. The molecule has 1 saturated carbocycles. The molecule has 2 aliphatic carbocycles. The van der Waals surface area contributed by atoms with Crippen molar-refractivity contribution in [1.82, 2.24) is 10.2 Å². The zero-order valence-electron chi connectivity index (χ0n) is 11.6. The van der Waals surface area contributed by atoms with Crippen molar-refractivity contribution in [2.45, 2.75) is 37.3 Å². The van der Waals surface area contributed by atoms with Crippen molar-refractivity contribution >= 4 is 5.91 Å². The summed E-state index contributed by atoms with van der Waals surface area (Å²) in [4.78, 5) is 15.0. The van der Waals surface area contributed by atoms with E-state index in [9.17, 15) is 4.79 Å². The second kappa shape index (κ2) is 3.64. The van der Waals surface area contributed by atoms with Gasteiger partial charge in [0.2, 0.25) is 5.91 Å². The fourth-order valence-electron chi connectivity index (χ4n) is 5.45. The number of carbonyl (C=O) groups excluding carboxylic acids is 1. The molecule has 4 aliphatic rings. The van der Waals surface area contributed by atoms with Gasteiger partial charge in [0.15, 0.2) is 0 Å². The number of benzene rings is 1. The summed E-state index contributed by atoms with van der Waals surface area (Å²) >= 11 is 0. The van der Waals surface area contributed by atoms with Gasteiger partial charge in [0.05, 0.1) is 0 Å². The van der Waals surface area contributed by atoms with Crippen LogP contribution in [-0.4, -0.2) is 23.9 Å². The van der Waals surface area contributed by atoms with Gasteiger partial charge in [-0.15, -0.1) is 0 Å². The van der Waals surface area contributed by atoms with E-state index in [4.69, 9.17) is 0 Å². The van der Waals surface area contributed by atoms with Gasteiger partial charge in [-0.25, -0.2) is 0 Å². The lowest BCUT2D eigenvalue weighted by Gasteiger charge is -2.52. The van der Waals surface area contributed by atoms with Crippen LogP contribution in [0.5, 0.6) is 0 Å². The standard InChI is InChI=1S/C17H20N2O/c20-16-13-7-6-11-10-15(13)17(18-8-3-9-19(16)17)14-5-2-1-4-12(11)14/h1-2,4-5,11,13,15,18H,3,6-10H2/t11-,13+,15-,17-/m1/s1. The second-order valence-corrected chi connectivity index (χ2v) is 6.85. The van der Waals surface area contributed by atoms with E-state index in [1.165, 1.54) is 24.0 Å². The molecule has 0 aromatic heterocycles. The van der Waals surface area contributed by atoms with E-state index < -0.39 is 0 Å². The van der Waals surface area contributed by atoms with Crippen molar-refractivity contribution in [3.05, 3.63) is 35.4 Å². The minimum Gasteiger partial charge on any atom is -0.320 e. The molecule has 2 saturated heterocycles.